The quantitative estimate of drug-likeness (QED) is 0.941. The normalized spacial score (nSPS) is 17.1. The number of nitrogens with zero attached hydrogens (tertiary/aromatic N) is 2. The maximum atomic E-state index is 12.3. The average molecular weight is 285 g/mol. The van der Waals surface area contributed by atoms with Crippen LogP contribution in [0.4, 0.5) is 0 Å². The van der Waals surface area contributed by atoms with Gasteiger partial charge in [0.15, 0.2) is 0 Å². The molecular formula is C16H19N3O2. The molecule has 1 unspecified atom stereocenters. The van der Waals surface area contributed by atoms with E-state index < -0.39 is 0 Å². The van der Waals surface area contributed by atoms with Crippen molar-refractivity contribution in [3.05, 3.63) is 47.3 Å². The number of aryl methyl sites for hydroxylation is 1. The number of benzene rings is 1. The maximum absolute atomic E-state index is 12.3. The zero-order valence-corrected chi connectivity index (χ0v) is 12.3. The van der Waals surface area contributed by atoms with Crippen LogP contribution in [0.25, 0.3) is 0 Å². The highest BCUT2D eigenvalue weighted by atomic mass is 16.5. The third kappa shape index (κ3) is 2.63. The van der Waals surface area contributed by atoms with E-state index in [4.69, 9.17) is 4.74 Å². The molecule has 5 nitrogen and oxygen atoms in total. The minimum Gasteiger partial charge on any atom is -0.497 e. The highest BCUT2D eigenvalue weighted by molar-refractivity contribution is 5.94. The van der Waals surface area contributed by atoms with Crippen molar-refractivity contribution in [3.8, 4) is 5.75 Å². The van der Waals surface area contributed by atoms with Gasteiger partial charge < -0.3 is 10.1 Å². The van der Waals surface area contributed by atoms with Crippen molar-refractivity contribution in [3.63, 3.8) is 0 Å². The molecule has 0 fully saturated rings. The van der Waals surface area contributed by atoms with Crippen molar-refractivity contribution >= 4 is 5.91 Å². The largest absolute Gasteiger partial charge is 0.497 e. The zero-order chi connectivity index (χ0) is 14.8. The molecule has 0 bridgehead atoms. The number of ether oxygens (including phenoxy) is 1. The first-order valence-electron chi connectivity index (χ1n) is 7.14. The van der Waals surface area contributed by atoms with E-state index in [2.05, 4.69) is 10.4 Å². The van der Waals surface area contributed by atoms with Gasteiger partial charge in [-0.2, -0.15) is 5.10 Å². The molecule has 1 aromatic carbocycles. The number of carbonyl (C=O) groups is 1. The van der Waals surface area contributed by atoms with E-state index in [1.165, 1.54) is 5.69 Å². The van der Waals surface area contributed by atoms with Gasteiger partial charge in [-0.3, -0.25) is 9.48 Å². The summed E-state index contributed by atoms with van der Waals surface area (Å²) >= 11 is 0. The molecule has 1 N–H and O–H groups in total. The summed E-state index contributed by atoms with van der Waals surface area (Å²) in [6.45, 7) is 0. The Bertz CT molecular complexity index is 646. The molecule has 1 aromatic heterocycles. The van der Waals surface area contributed by atoms with Crippen molar-refractivity contribution in [2.45, 2.75) is 25.3 Å². The Morgan fingerprint density at radius 1 is 1.38 bits per heavy atom. The number of hydrogen-bond donors (Lipinski definition) is 1. The van der Waals surface area contributed by atoms with Gasteiger partial charge in [0.1, 0.15) is 5.75 Å². The van der Waals surface area contributed by atoms with Gasteiger partial charge in [0.25, 0.3) is 5.91 Å². The lowest BCUT2D eigenvalue weighted by atomic mass is 9.93. The predicted molar refractivity (Wildman–Crippen MR) is 79.3 cm³/mol. The first-order valence-corrected chi connectivity index (χ1v) is 7.14. The molecule has 0 radical (unpaired) electrons. The monoisotopic (exact) mass is 285 g/mol. The molecule has 0 spiro atoms. The Morgan fingerprint density at radius 3 is 2.86 bits per heavy atom. The molecule has 5 heteroatoms. The Hall–Kier alpha value is -2.30. The summed E-state index contributed by atoms with van der Waals surface area (Å²) in [6.07, 6.45) is 4.93. The summed E-state index contributed by atoms with van der Waals surface area (Å²) in [5, 5.41) is 7.41. The molecule has 1 aliphatic rings. The van der Waals surface area contributed by atoms with E-state index in [0.29, 0.717) is 5.56 Å². The third-order valence-electron chi connectivity index (χ3n) is 4.03. The second-order valence-corrected chi connectivity index (χ2v) is 5.32. The van der Waals surface area contributed by atoms with Crippen LogP contribution in [-0.4, -0.2) is 22.8 Å². The van der Waals surface area contributed by atoms with Crippen LogP contribution in [0.1, 0.15) is 40.5 Å². The molecule has 1 amide bonds. The molecule has 0 aliphatic heterocycles. The standard InChI is InChI=1S/C16H19N3O2/c1-19-15-5-3-4-14(13(15)10-17-19)18-16(20)11-6-8-12(21-2)9-7-11/h6-10,14H,3-5H2,1-2H3,(H,18,20). The summed E-state index contributed by atoms with van der Waals surface area (Å²) in [4.78, 5) is 12.3. The third-order valence-corrected chi connectivity index (χ3v) is 4.03. The fourth-order valence-corrected chi connectivity index (χ4v) is 2.84. The SMILES string of the molecule is COc1ccc(C(=O)NC2CCCc3c2cnn3C)cc1. The second-order valence-electron chi connectivity index (χ2n) is 5.32. The second kappa shape index (κ2) is 5.60. The number of rotatable bonds is 3. The van der Waals surface area contributed by atoms with Gasteiger partial charge in [-0.1, -0.05) is 0 Å². The summed E-state index contributed by atoms with van der Waals surface area (Å²) in [7, 11) is 3.56. The Balaban J connectivity index is 1.76. The summed E-state index contributed by atoms with van der Waals surface area (Å²) in [5.41, 5.74) is 3.01. The Labute approximate surface area is 123 Å². The fraction of sp³-hybridized carbons (Fsp3) is 0.375. The van der Waals surface area contributed by atoms with Crippen LogP contribution in [0.3, 0.4) is 0 Å². The van der Waals surface area contributed by atoms with E-state index in [-0.39, 0.29) is 11.9 Å². The highest BCUT2D eigenvalue weighted by Crippen LogP contribution is 2.29. The van der Waals surface area contributed by atoms with Crippen molar-refractivity contribution in [2.75, 3.05) is 7.11 Å². The molecule has 110 valence electrons. The molecule has 0 saturated heterocycles. The van der Waals surface area contributed by atoms with Gasteiger partial charge in [-0.25, -0.2) is 0 Å². The van der Waals surface area contributed by atoms with Gasteiger partial charge in [-0.05, 0) is 43.5 Å². The number of carbonyl (C=O) groups excluding carboxylic acids is 1. The maximum Gasteiger partial charge on any atom is 0.251 e. The summed E-state index contributed by atoms with van der Waals surface area (Å²) in [6, 6.07) is 7.20. The van der Waals surface area contributed by atoms with Crippen molar-refractivity contribution in [1.29, 1.82) is 0 Å². The van der Waals surface area contributed by atoms with Gasteiger partial charge in [-0.15, -0.1) is 0 Å². The molecule has 0 saturated carbocycles. The lowest BCUT2D eigenvalue weighted by molar-refractivity contribution is 0.0932. The molecular weight excluding hydrogens is 266 g/mol. The molecule has 1 aliphatic carbocycles. The molecule has 1 heterocycles. The first kappa shape index (κ1) is 13.7. The van der Waals surface area contributed by atoms with Crippen LogP contribution >= 0.6 is 0 Å². The minimum atomic E-state index is -0.0562. The molecule has 1 atom stereocenters. The van der Waals surface area contributed by atoms with Gasteiger partial charge in [0, 0.05) is 23.9 Å². The zero-order valence-electron chi connectivity index (χ0n) is 12.3. The van der Waals surface area contributed by atoms with Gasteiger partial charge in [0.2, 0.25) is 0 Å². The number of aromatic nitrogens is 2. The van der Waals surface area contributed by atoms with E-state index in [0.717, 1.165) is 30.6 Å². The van der Waals surface area contributed by atoms with E-state index in [9.17, 15) is 4.79 Å². The number of fused-ring (bicyclic) bond motifs is 1. The van der Waals surface area contributed by atoms with Crippen molar-refractivity contribution < 1.29 is 9.53 Å². The Kier molecular flexibility index (Phi) is 3.64. The van der Waals surface area contributed by atoms with Crippen molar-refractivity contribution in [2.24, 2.45) is 7.05 Å². The van der Waals surface area contributed by atoms with Crippen LogP contribution in [-0.2, 0) is 13.5 Å². The number of methoxy groups -OCH3 is 1. The van der Waals surface area contributed by atoms with Gasteiger partial charge >= 0.3 is 0 Å². The molecule has 3 rings (SSSR count). The number of amides is 1. The lowest BCUT2D eigenvalue weighted by Gasteiger charge is -2.23. The molecule has 21 heavy (non-hydrogen) atoms. The van der Waals surface area contributed by atoms with Gasteiger partial charge in [0.05, 0.1) is 19.3 Å². The van der Waals surface area contributed by atoms with E-state index in [1.54, 1.807) is 31.4 Å². The number of hydrogen-bond acceptors (Lipinski definition) is 3. The molecule has 2 aromatic rings. The van der Waals surface area contributed by atoms with E-state index >= 15 is 0 Å². The summed E-state index contributed by atoms with van der Waals surface area (Å²) in [5.74, 6) is 0.693. The first-order chi connectivity index (χ1) is 10.2. The van der Waals surface area contributed by atoms with Crippen LogP contribution in [0.15, 0.2) is 30.5 Å². The lowest BCUT2D eigenvalue weighted by Crippen LogP contribution is -2.30. The van der Waals surface area contributed by atoms with E-state index in [1.807, 2.05) is 17.9 Å². The predicted octanol–water partition coefficient (Wildman–Crippen LogP) is 2.24. The van der Waals surface area contributed by atoms with Crippen molar-refractivity contribution in [1.82, 2.24) is 15.1 Å². The topological polar surface area (TPSA) is 56.1 Å². The smallest absolute Gasteiger partial charge is 0.251 e. The van der Waals surface area contributed by atoms with Crippen LogP contribution in [0.5, 0.6) is 5.75 Å². The Morgan fingerprint density at radius 2 is 2.14 bits per heavy atom. The average Bonchev–Trinajstić information content (AvgIpc) is 2.90. The number of nitrogens with one attached hydrogen (secondary N) is 1. The van der Waals surface area contributed by atoms with Crippen LogP contribution in [0.2, 0.25) is 0 Å². The highest BCUT2D eigenvalue weighted by Gasteiger charge is 2.25. The minimum absolute atomic E-state index is 0.0528. The summed E-state index contributed by atoms with van der Waals surface area (Å²) < 4.78 is 7.01. The van der Waals surface area contributed by atoms with Crippen LogP contribution in [0, 0.1) is 0 Å². The van der Waals surface area contributed by atoms with Crippen LogP contribution < -0.4 is 10.1 Å². The fourth-order valence-electron chi connectivity index (χ4n) is 2.84.